The second kappa shape index (κ2) is 7.49. The minimum Gasteiger partial charge on any atom is -0.480 e. The lowest BCUT2D eigenvalue weighted by Crippen LogP contribution is -2.47. The van der Waals surface area contributed by atoms with Crippen LogP contribution in [0.5, 0.6) is 0 Å². The number of nitrogens with zero attached hydrogens (tertiary/aromatic N) is 1. The summed E-state index contributed by atoms with van der Waals surface area (Å²) in [4.78, 5) is 25.5. The molecule has 1 amide bonds. The molecule has 2 saturated heterocycles. The number of carbonyl (C=O) groups excluding carboxylic acids is 1. The van der Waals surface area contributed by atoms with E-state index in [0.717, 1.165) is 25.9 Å². The molecule has 0 aromatic heterocycles. The third-order valence-electron chi connectivity index (χ3n) is 4.13. The topological polar surface area (TPSA) is 66.8 Å². The van der Waals surface area contributed by atoms with Crippen molar-refractivity contribution in [2.45, 2.75) is 63.5 Å². The number of amides is 1. The molecule has 2 fully saturated rings. The van der Waals surface area contributed by atoms with Gasteiger partial charge < -0.3 is 14.7 Å². The molecule has 0 spiro atoms. The van der Waals surface area contributed by atoms with Crippen LogP contribution in [0.2, 0.25) is 0 Å². The van der Waals surface area contributed by atoms with Crippen LogP contribution in [-0.2, 0) is 14.3 Å². The van der Waals surface area contributed by atoms with E-state index in [9.17, 15) is 14.7 Å². The lowest BCUT2D eigenvalue weighted by atomic mass is 10.0. The summed E-state index contributed by atoms with van der Waals surface area (Å²) in [6.07, 6.45) is 4.53. The van der Waals surface area contributed by atoms with E-state index in [4.69, 9.17) is 4.74 Å². The zero-order chi connectivity index (χ0) is 15.4. The van der Waals surface area contributed by atoms with Crippen molar-refractivity contribution in [2.24, 2.45) is 5.92 Å². The quantitative estimate of drug-likeness (QED) is 0.843. The van der Waals surface area contributed by atoms with Crippen LogP contribution in [0.3, 0.4) is 0 Å². The Morgan fingerprint density at radius 2 is 2.14 bits per heavy atom. The lowest BCUT2D eigenvalue weighted by molar-refractivity contribution is -0.149. The van der Waals surface area contributed by atoms with Crippen LogP contribution in [0.15, 0.2) is 0 Å². The van der Waals surface area contributed by atoms with Crippen molar-refractivity contribution in [2.75, 3.05) is 12.4 Å². The molecule has 6 heteroatoms. The monoisotopic (exact) mass is 315 g/mol. The van der Waals surface area contributed by atoms with Crippen LogP contribution >= 0.6 is 11.8 Å². The van der Waals surface area contributed by atoms with Crippen LogP contribution in [0, 0.1) is 5.92 Å². The highest BCUT2D eigenvalue weighted by molar-refractivity contribution is 8.00. The molecule has 5 nitrogen and oxygen atoms in total. The molecule has 21 heavy (non-hydrogen) atoms. The molecule has 3 atom stereocenters. The van der Waals surface area contributed by atoms with Crippen LogP contribution in [0.1, 0.15) is 46.0 Å². The van der Waals surface area contributed by atoms with E-state index in [-0.39, 0.29) is 23.3 Å². The number of rotatable bonds is 5. The van der Waals surface area contributed by atoms with Gasteiger partial charge in [0.25, 0.3) is 0 Å². The van der Waals surface area contributed by atoms with Crippen LogP contribution in [-0.4, -0.2) is 51.8 Å². The van der Waals surface area contributed by atoms with Crippen molar-refractivity contribution in [1.82, 2.24) is 4.90 Å². The summed E-state index contributed by atoms with van der Waals surface area (Å²) in [7, 11) is 0. The predicted molar refractivity (Wildman–Crippen MR) is 82.2 cm³/mol. The van der Waals surface area contributed by atoms with Gasteiger partial charge in [-0.05, 0) is 31.6 Å². The Hall–Kier alpha value is -0.750. The average molecular weight is 315 g/mol. The van der Waals surface area contributed by atoms with Crippen molar-refractivity contribution < 1.29 is 19.4 Å². The first-order valence-corrected chi connectivity index (χ1v) is 8.82. The Morgan fingerprint density at radius 3 is 2.71 bits per heavy atom. The van der Waals surface area contributed by atoms with Crippen molar-refractivity contribution in [3.8, 4) is 0 Å². The molecule has 2 aliphatic rings. The summed E-state index contributed by atoms with van der Waals surface area (Å²) >= 11 is 1.58. The fraction of sp³-hybridized carbons (Fsp3) is 0.867. The van der Waals surface area contributed by atoms with E-state index in [2.05, 4.69) is 0 Å². The fourth-order valence-electron chi connectivity index (χ4n) is 3.00. The van der Waals surface area contributed by atoms with E-state index in [1.807, 2.05) is 13.8 Å². The summed E-state index contributed by atoms with van der Waals surface area (Å²) in [6, 6.07) is -0.679. The number of ether oxygens (including phenoxy) is 1. The molecule has 2 aliphatic heterocycles. The lowest BCUT2D eigenvalue weighted by Gasteiger charge is -2.30. The SMILES string of the molecule is CC(C)C1SCC(C(=O)O)N1C(=O)CCC1CCCCO1. The van der Waals surface area contributed by atoms with Gasteiger partial charge >= 0.3 is 5.97 Å². The van der Waals surface area contributed by atoms with Gasteiger partial charge in [-0.15, -0.1) is 11.8 Å². The second-order valence-corrected chi connectivity index (χ2v) is 7.30. The zero-order valence-electron chi connectivity index (χ0n) is 12.8. The first-order chi connectivity index (χ1) is 10.0. The standard InChI is InChI=1S/C15H25NO4S/c1-10(2)14-16(12(9-21-14)15(18)19)13(17)7-6-11-5-3-4-8-20-11/h10-12,14H,3-9H2,1-2H3,(H,18,19). The van der Waals surface area contributed by atoms with Gasteiger partial charge in [-0.2, -0.15) is 0 Å². The average Bonchev–Trinajstić information content (AvgIpc) is 2.91. The highest BCUT2D eigenvalue weighted by atomic mass is 32.2. The number of thioether (sulfide) groups is 1. The maximum Gasteiger partial charge on any atom is 0.327 e. The number of carbonyl (C=O) groups is 2. The first kappa shape index (κ1) is 16.6. The van der Waals surface area contributed by atoms with Crippen LogP contribution < -0.4 is 0 Å². The van der Waals surface area contributed by atoms with E-state index in [1.165, 1.54) is 0 Å². The summed E-state index contributed by atoms with van der Waals surface area (Å²) < 4.78 is 5.65. The van der Waals surface area contributed by atoms with Gasteiger partial charge in [0.05, 0.1) is 11.5 Å². The van der Waals surface area contributed by atoms with Gasteiger partial charge in [0.1, 0.15) is 6.04 Å². The maximum atomic E-state index is 12.5. The molecular weight excluding hydrogens is 290 g/mol. The molecule has 120 valence electrons. The Kier molecular flexibility index (Phi) is 5.93. The van der Waals surface area contributed by atoms with E-state index in [0.29, 0.717) is 18.6 Å². The Morgan fingerprint density at radius 1 is 1.38 bits per heavy atom. The summed E-state index contributed by atoms with van der Waals surface area (Å²) in [5, 5.41) is 9.29. The van der Waals surface area contributed by atoms with Crippen LogP contribution in [0.25, 0.3) is 0 Å². The molecule has 3 unspecified atom stereocenters. The van der Waals surface area contributed by atoms with Gasteiger partial charge in [-0.25, -0.2) is 4.79 Å². The predicted octanol–water partition coefficient (Wildman–Crippen LogP) is 2.35. The van der Waals surface area contributed by atoms with Crippen LogP contribution in [0.4, 0.5) is 0 Å². The molecule has 0 aromatic rings. The van der Waals surface area contributed by atoms with Gasteiger partial charge in [0, 0.05) is 18.8 Å². The summed E-state index contributed by atoms with van der Waals surface area (Å²) in [6.45, 7) is 4.85. The summed E-state index contributed by atoms with van der Waals surface area (Å²) in [5.41, 5.74) is 0. The molecule has 2 rings (SSSR count). The smallest absolute Gasteiger partial charge is 0.327 e. The molecule has 0 saturated carbocycles. The van der Waals surface area contributed by atoms with Crippen molar-refractivity contribution in [3.05, 3.63) is 0 Å². The number of carboxylic acid groups (broad SMARTS) is 1. The second-order valence-electron chi connectivity index (χ2n) is 6.15. The number of aliphatic carboxylic acids is 1. The third kappa shape index (κ3) is 4.13. The van der Waals surface area contributed by atoms with Gasteiger partial charge in [-0.3, -0.25) is 4.79 Å². The molecule has 0 bridgehead atoms. The minimum absolute atomic E-state index is 0.0223. The zero-order valence-corrected chi connectivity index (χ0v) is 13.6. The van der Waals surface area contributed by atoms with Gasteiger partial charge in [0.15, 0.2) is 0 Å². The van der Waals surface area contributed by atoms with Crippen molar-refractivity contribution >= 4 is 23.6 Å². The molecule has 0 aliphatic carbocycles. The van der Waals surface area contributed by atoms with Gasteiger partial charge in [0.2, 0.25) is 5.91 Å². The number of hydrogen-bond acceptors (Lipinski definition) is 4. The highest BCUT2D eigenvalue weighted by Gasteiger charge is 2.42. The molecule has 2 heterocycles. The molecule has 1 N–H and O–H groups in total. The number of hydrogen-bond donors (Lipinski definition) is 1. The molecular formula is C15H25NO4S. The van der Waals surface area contributed by atoms with E-state index < -0.39 is 12.0 Å². The van der Waals surface area contributed by atoms with E-state index >= 15 is 0 Å². The largest absolute Gasteiger partial charge is 0.480 e. The summed E-state index contributed by atoms with van der Waals surface area (Å²) in [5.74, 6) is -0.188. The van der Waals surface area contributed by atoms with Gasteiger partial charge in [-0.1, -0.05) is 13.8 Å². The third-order valence-corrected chi connectivity index (χ3v) is 5.75. The maximum absolute atomic E-state index is 12.5. The molecule has 0 aromatic carbocycles. The Labute approximate surface area is 130 Å². The minimum atomic E-state index is -0.895. The van der Waals surface area contributed by atoms with Crippen molar-refractivity contribution in [1.29, 1.82) is 0 Å². The first-order valence-electron chi connectivity index (χ1n) is 7.78. The molecule has 0 radical (unpaired) electrons. The normalized spacial score (nSPS) is 29.9. The van der Waals surface area contributed by atoms with Crippen molar-refractivity contribution in [3.63, 3.8) is 0 Å². The fourth-order valence-corrected chi connectivity index (χ4v) is 4.49. The highest BCUT2D eigenvalue weighted by Crippen LogP contribution is 2.35. The number of carboxylic acids is 1. The Balaban J connectivity index is 1.94. The Bertz CT molecular complexity index is 382. The van der Waals surface area contributed by atoms with E-state index in [1.54, 1.807) is 16.7 Å².